The summed E-state index contributed by atoms with van der Waals surface area (Å²) in [5.74, 6) is -1.64. The average Bonchev–Trinajstić information content (AvgIpc) is 2.43. The number of imidazole rings is 1. The molecular formula is C5H3N3O4. The van der Waals surface area contributed by atoms with Crippen LogP contribution in [0.15, 0.2) is 9.32 Å². The number of carboxylic acids is 1. The van der Waals surface area contributed by atoms with Gasteiger partial charge in [-0.05, 0) is 0 Å². The molecule has 7 heteroatoms. The van der Waals surface area contributed by atoms with E-state index in [0.717, 1.165) is 0 Å². The van der Waals surface area contributed by atoms with E-state index in [2.05, 4.69) is 19.6 Å². The molecule has 2 rings (SSSR count). The van der Waals surface area contributed by atoms with Crippen molar-refractivity contribution in [2.75, 3.05) is 0 Å². The number of hydrogen-bond donors (Lipinski definition) is 3. The Morgan fingerprint density at radius 3 is 2.92 bits per heavy atom. The number of H-pyrrole nitrogens is 2. The molecule has 0 saturated heterocycles. The lowest BCUT2D eigenvalue weighted by Crippen LogP contribution is -2.02. The highest BCUT2D eigenvalue weighted by atomic mass is 16.5. The Bertz CT molecular complexity index is 490. The molecule has 0 aliphatic heterocycles. The first-order chi connectivity index (χ1) is 5.68. The van der Waals surface area contributed by atoms with Gasteiger partial charge in [-0.1, -0.05) is 5.16 Å². The molecule has 0 aliphatic rings. The summed E-state index contributed by atoms with van der Waals surface area (Å²) in [4.78, 5) is 25.5. The Labute approximate surface area is 64.0 Å². The highest BCUT2D eigenvalue weighted by molar-refractivity contribution is 5.96. The number of rotatable bonds is 1. The van der Waals surface area contributed by atoms with Crippen LogP contribution in [-0.4, -0.2) is 26.2 Å². The zero-order chi connectivity index (χ0) is 8.72. The summed E-state index contributed by atoms with van der Waals surface area (Å²) >= 11 is 0. The van der Waals surface area contributed by atoms with E-state index in [0.29, 0.717) is 0 Å². The van der Waals surface area contributed by atoms with Gasteiger partial charge in [-0.25, -0.2) is 9.59 Å². The highest BCUT2D eigenvalue weighted by Gasteiger charge is 2.17. The molecule has 7 nitrogen and oxygen atoms in total. The van der Waals surface area contributed by atoms with Gasteiger partial charge in [-0.3, -0.25) is 4.98 Å². The van der Waals surface area contributed by atoms with Gasteiger partial charge in [-0.2, -0.15) is 0 Å². The summed E-state index contributed by atoms with van der Waals surface area (Å²) < 4.78 is 4.42. The molecule has 2 aromatic heterocycles. The Morgan fingerprint density at radius 2 is 2.25 bits per heavy atom. The molecule has 0 fully saturated rings. The molecule has 0 amide bonds. The Kier molecular flexibility index (Phi) is 1.09. The third-order valence-corrected chi connectivity index (χ3v) is 1.36. The Balaban J connectivity index is 2.85. The van der Waals surface area contributed by atoms with Crippen LogP contribution >= 0.6 is 0 Å². The first-order valence-corrected chi connectivity index (χ1v) is 2.99. The second kappa shape index (κ2) is 1.97. The van der Waals surface area contributed by atoms with E-state index in [1.165, 1.54) is 0 Å². The zero-order valence-electron chi connectivity index (χ0n) is 5.62. The lowest BCUT2D eigenvalue weighted by atomic mass is 10.4. The fraction of sp³-hybridized carbons (Fsp3) is 0. The molecule has 3 N–H and O–H groups in total. The monoisotopic (exact) mass is 169 g/mol. The Hall–Kier alpha value is -2.05. The molecule has 0 aliphatic carbocycles. The highest BCUT2D eigenvalue weighted by Crippen LogP contribution is 2.10. The van der Waals surface area contributed by atoms with Crippen molar-refractivity contribution in [1.29, 1.82) is 0 Å². The predicted molar refractivity (Wildman–Crippen MR) is 35.9 cm³/mol. The van der Waals surface area contributed by atoms with E-state index in [1.807, 2.05) is 0 Å². The van der Waals surface area contributed by atoms with Crippen molar-refractivity contribution in [2.24, 2.45) is 0 Å². The fourth-order valence-electron chi connectivity index (χ4n) is 0.890. The quantitative estimate of drug-likeness (QED) is 0.534. The van der Waals surface area contributed by atoms with Crippen molar-refractivity contribution in [3.8, 4) is 0 Å². The lowest BCUT2D eigenvalue weighted by molar-refractivity contribution is 0.0654. The first kappa shape index (κ1) is 6.65. The van der Waals surface area contributed by atoms with Crippen molar-refractivity contribution >= 4 is 17.1 Å². The van der Waals surface area contributed by atoms with Gasteiger partial charge in [0.25, 0.3) is 5.76 Å². The van der Waals surface area contributed by atoms with E-state index in [9.17, 15) is 9.59 Å². The van der Waals surface area contributed by atoms with Gasteiger partial charge in [-0.15, -0.1) is 0 Å². The van der Waals surface area contributed by atoms with Gasteiger partial charge in [0, 0.05) is 0 Å². The maximum atomic E-state index is 10.6. The van der Waals surface area contributed by atoms with E-state index < -0.39 is 11.7 Å². The van der Waals surface area contributed by atoms with Crippen LogP contribution in [0, 0.1) is 0 Å². The second-order valence-corrected chi connectivity index (χ2v) is 2.12. The van der Waals surface area contributed by atoms with Crippen molar-refractivity contribution in [3.63, 3.8) is 0 Å². The van der Waals surface area contributed by atoms with Gasteiger partial charge in [0.1, 0.15) is 5.52 Å². The molecule has 0 aromatic carbocycles. The Morgan fingerprint density at radius 1 is 1.50 bits per heavy atom. The summed E-state index contributed by atoms with van der Waals surface area (Å²) in [6.07, 6.45) is 0. The topological polar surface area (TPSA) is 112 Å². The molecule has 0 spiro atoms. The van der Waals surface area contributed by atoms with E-state index in [-0.39, 0.29) is 16.9 Å². The van der Waals surface area contributed by atoms with Crippen molar-refractivity contribution in [2.45, 2.75) is 0 Å². The number of nitrogens with one attached hydrogen (secondary N) is 2. The van der Waals surface area contributed by atoms with E-state index >= 15 is 0 Å². The second-order valence-electron chi connectivity index (χ2n) is 2.12. The molecule has 2 aromatic rings. The number of aromatic nitrogens is 3. The minimum Gasteiger partial charge on any atom is -0.475 e. The predicted octanol–water partition coefficient (Wildman–Crippen LogP) is -0.458. The van der Waals surface area contributed by atoms with Gasteiger partial charge < -0.3 is 14.6 Å². The van der Waals surface area contributed by atoms with Crippen LogP contribution in [0.4, 0.5) is 0 Å². The lowest BCUT2D eigenvalue weighted by Gasteiger charge is -1.80. The van der Waals surface area contributed by atoms with E-state index in [1.54, 1.807) is 0 Å². The summed E-state index contributed by atoms with van der Waals surface area (Å²) in [6, 6.07) is 0. The van der Waals surface area contributed by atoms with Gasteiger partial charge in [0.2, 0.25) is 5.65 Å². The van der Waals surface area contributed by atoms with Crippen LogP contribution in [0.2, 0.25) is 0 Å². The standard InChI is InChI=1S/C5H3N3O4/c9-4(10)2-1-3(8-12-2)7-5(11)6-1/h(H,9,10)(H2,6,7,8,11). The minimum absolute atomic E-state index is 0.0764. The molecule has 0 unspecified atom stereocenters. The largest absolute Gasteiger partial charge is 0.475 e. The van der Waals surface area contributed by atoms with Gasteiger partial charge in [0.15, 0.2) is 0 Å². The van der Waals surface area contributed by atoms with Crippen LogP contribution in [0.3, 0.4) is 0 Å². The van der Waals surface area contributed by atoms with Crippen molar-refractivity contribution < 1.29 is 14.4 Å². The molecule has 0 radical (unpaired) electrons. The van der Waals surface area contributed by atoms with Crippen LogP contribution in [0.25, 0.3) is 11.2 Å². The molecule has 0 atom stereocenters. The first-order valence-electron chi connectivity index (χ1n) is 2.99. The zero-order valence-corrected chi connectivity index (χ0v) is 5.62. The SMILES string of the molecule is O=C(O)c1onc2[nH]c(=O)[nH]c12. The van der Waals surface area contributed by atoms with Crippen molar-refractivity contribution in [3.05, 3.63) is 16.2 Å². The van der Waals surface area contributed by atoms with Gasteiger partial charge in [0.05, 0.1) is 0 Å². The maximum absolute atomic E-state index is 10.6. The number of fused-ring (bicyclic) bond motifs is 1. The maximum Gasteiger partial charge on any atom is 0.377 e. The fourth-order valence-corrected chi connectivity index (χ4v) is 0.890. The number of carboxylic acid groups (broad SMARTS) is 1. The number of carbonyl (C=O) groups is 1. The minimum atomic E-state index is -1.27. The molecule has 2 heterocycles. The summed E-state index contributed by atoms with van der Waals surface area (Å²) in [5, 5.41) is 11.8. The van der Waals surface area contributed by atoms with Crippen LogP contribution in [0.1, 0.15) is 10.6 Å². The molecule has 0 saturated carbocycles. The molecule has 0 bridgehead atoms. The number of aromatic carboxylic acids is 1. The van der Waals surface area contributed by atoms with Crippen molar-refractivity contribution in [1.82, 2.24) is 15.1 Å². The summed E-state index contributed by atoms with van der Waals surface area (Å²) in [7, 11) is 0. The third kappa shape index (κ3) is 0.729. The van der Waals surface area contributed by atoms with Crippen LogP contribution < -0.4 is 5.69 Å². The molecule has 12 heavy (non-hydrogen) atoms. The van der Waals surface area contributed by atoms with Crippen LogP contribution in [-0.2, 0) is 0 Å². The third-order valence-electron chi connectivity index (χ3n) is 1.36. The molecule has 62 valence electrons. The smallest absolute Gasteiger partial charge is 0.377 e. The number of nitrogens with zero attached hydrogens (tertiary/aromatic N) is 1. The summed E-state index contributed by atoms with van der Waals surface area (Å²) in [5.41, 5.74) is -0.323. The van der Waals surface area contributed by atoms with Crippen LogP contribution in [0.5, 0.6) is 0 Å². The normalized spacial score (nSPS) is 10.7. The average molecular weight is 169 g/mol. The van der Waals surface area contributed by atoms with E-state index in [4.69, 9.17) is 5.11 Å². The van der Waals surface area contributed by atoms with Gasteiger partial charge >= 0.3 is 11.7 Å². The molecular weight excluding hydrogens is 166 g/mol. The number of aromatic amines is 2. The number of hydrogen-bond acceptors (Lipinski definition) is 4. The summed E-state index contributed by atoms with van der Waals surface area (Å²) in [6.45, 7) is 0.